The molecule has 3 aliphatic heterocycles. The molecule has 3 saturated carbocycles. The number of allylic oxidation sites excluding steroid dienone is 2. The first-order valence-corrected chi connectivity index (χ1v) is 17.5. The average molecular weight is 635 g/mol. The Morgan fingerprint density at radius 3 is 2.31 bits per heavy atom. The van der Waals surface area contributed by atoms with Crippen LogP contribution < -0.4 is 0 Å². The maximum absolute atomic E-state index is 13.5. The molecule has 3 heterocycles. The number of esters is 1. The standard InChI is InChI=1S/C35H54O10/c1-16(2)35(17(3)45-35)30-27(38)25(31(41)44-30)23-9-8-21-20-7-6-18-14-19(10-12-33(18,4)22(20)11-13-34(21,23)5)42-32-29(40)28(39)26(37)24(15-36)43-32/h7,16-19,21-30,32,36-40H,6,8-15H2,1-5H3/t17-,18+,19+,21+,22+,23-,24+,25+,26+,27+,28+,29+,30+,32-,33+,34+,35-/m1/s1. The molecule has 0 aromatic rings. The number of cyclic esters (lactones) is 1. The van der Waals surface area contributed by atoms with Crippen LogP contribution in [0, 0.1) is 46.3 Å². The predicted molar refractivity (Wildman–Crippen MR) is 161 cm³/mol. The third kappa shape index (κ3) is 4.67. The molecule has 0 aromatic heterocycles. The number of hydrogen-bond acceptors (Lipinski definition) is 10. The Hall–Kier alpha value is -1.11. The van der Waals surface area contributed by atoms with Crippen molar-refractivity contribution in [1.82, 2.24) is 0 Å². The maximum atomic E-state index is 13.5. The third-order valence-corrected chi connectivity index (χ3v) is 14.2. The van der Waals surface area contributed by atoms with Crippen molar-refractivity contribution in [3.8, 4) is 0 Å². The van der Waals surface area contributed by atoms with Gasteiger partial charge in [0.15, 0.2) is 12.4 Å². The molecule has 17 atom stereocenters. The van der Waals surface area contributed by atoms with Gasteiger partial charge in [0, 0.05) is 0 Å². The van der Waals surface area contributed by atoms with Crippen molar-refractivity contribution in [3.63, 3.8) is 0 Å². The van der Waals surface area contributed by atoms with Crippen molar-refractivity contribution < 1.29 is 49.3 Å². The highest BCUT2D eigenvalue weighted by molar-refractivity contribution is 5.77. The van der Waals surface area contributed by atoms with Crippen molar-refractivity contribution in [3.05, 3.63) is 11.6 Å². The first kappa shape index (κ1) is 32.4. The monoisotopic (exact) mass is 634 g/mol. The molecule has 5 N–H and O–H groups in total. The zero-order valence-corrected chi connectivity index (χ0v) is 27.4. The number of carbonyl (C=O) groups excluding carboxylic acids is 1. The quantitative estimate of drug-likeness (QED) is 0.167. The van der Waals surface area contributed by atoms with Crippen LogP contribution in [-0.2, 0) is 23.7 Å². The van der Waals surface area contributed by atoms with E-state index < -0.39 is 61.0 Å². The van der Waals surface area contributed by atoms with Crippen LogP contribution in [0.1, 0.15) is 86.0 Å². The van der Waals surface area contributed by atoms with Gasteiger partial charge >= 0.3 is 5.97 Å². The number of rotatable bonds is 6. The molecular formula is C35H54O10. The minimum absolute atomic E-state index is 0.0372. The lowest BCUT2D eigenvalue weighted by Gasteiger charge is -2.58. The SMILES string of the molecule is CC(C)[C@@]1([C@H]2OC(=O)[C@@H]([C@H]3CC[C@H]4C5=CC[C@H]6C[C@@H](O[C@@H]7O[C@@H](CO)[C@H](O)[C@H](O)[C@@H]7O)CC[C@]6(C)[C@H]5CC[C@]34C)[C@@H]2O)O[C@@H]1C. The Labute approximate surface area is 266 Å². The van der Waals surface area contributed by atoms with Gasteiger partial charge in [-0.2, -0.15) is 0 Å². The molecule has 10 heteroatoms. The van der Waals surface area contributed by atoms with Gasteiger partial charge in [-0.1, -0.05) is 39.3 Å². The van der Waals surface area contributed by atoms with Gasteiger partial charge in [0.25, 0.3) is 0 Å². The molecule has 0 spiro atoms. The van der Waals surface area contributed by atoms with Gasteiger partial charge in [0.05, 0.1) is 24.7 Å². The Balaban J connectivity index is 1.05. The molecule has 6 fully saturated rings. The van der Waals surface area contributed by atoms with E-state index in [-0.39, 0.29) is 40.8 Å². The smallest absolute Gasteiger partial charge is 0.312 e. The number of hydrogen-bond donors (Lipinski definition) is 5. The highest BCUT2D eigenvalue weighted by atomic mass is 16.7. The largest absolute Gasteiger partial charge is 0.456 e. The second-order valence-electron chi connectivity index (χ2n) is 16.3. The topological polar surface area (TPSA) is 158 Å². The first-order valence-electron chi connectivity index (χ1n) is 17.5. The van der Waals surface area contributed by atoms with Gasteiger partial charge in [0.2, 0.25) is 0 Å². The van der Waals surface area contributed by atoms with E-state index in [1.165, 1.54) is 0 Å². The lowest BCUT2D eigenvalue weighted by molar-refractivity contribution is -0.315. The molecule has 0 aromatic carbocycles. The Kier molecular flexibility index (Phi) is 8.09. The van der Waals surface area contributed by atoms with Gasteiger partial charge in [-0.05, 0) is 98.7 Å². The summed E-state index contributed by atoms with van der Waals surface area (Å²) in [6.45, 7) is 10.5. The van der Waals surface area contributed by atoms with Crippen LogP contribution >= 0.6 is 0 Å². The lowest BCUT2D eigenvalue weighted by atomic mass is 9.47. The molecule has 7 rings (SSSR count). The van der Waals surface area contributed by atoms with E-state index in [4.69, 9.17) is 18.9 Å². The normalized spacial score (nSPS) is 55.9. The van der Waals surface area contributed by atoms with Crippen LogP contribution in [0.2, 0.25) is 0 Å². The highest BCUT2D eigenvalue weighted by Crippen LogP contribution is 2.68. The molecule has 10 nitrogen and oxygen atoms in total. The summed E-state index contributed by atoms with van der Waals surface area (Å²) >= 11 is 0. The number of fused-ring (bicyclic) bond motifs is 5. The molecule has 0 amide bonds. The van der Waals surface area contributed by atoms with Crippen LogP contribution in [0.15, 0.2) is 11.6 Å². The van der Waals surface area contributed by atoms with E-state index in [1.54, 1.807) is 5.57 Å². The number of aliphatic hydroxyl groups excluding tert-OH is 5. The summed E-state index contributed by atoms with van der Waals surface area (Å²) < 4.78 is 23.8. The van der Waals surface area contributed by atoms with Crippen molar-refractivity contribution in [2.24, 2.45) is 46.3 Å². The fourth-order valence-corrected chi connectivity index (χ4v) is 11.5. The average Bonchev–Trinajstić information content (AvgIpc) is 3.44. The summed E-state index contributed by atoms with van der Waals surface area (Å²) in [4.78, 5) is 13.5. The summed E-state index contributed by atoms with van der Waals surface area (Å²) in [6, 6.07) is 0. The van der Waals surface area contributed by atoms with Crippen molar-refractivity contribution in [2.45, 2.75) is 147 Å². The molecule has 7 aliphatic rings. The summed E-state index contributed by atoms with van der Waals surface area (Å²) in [5.74, 6) is 0.679. The van der Waals surface area contributed by atoms with E-state index >= 15 is 0 Å². The second kappa shape index (κ2) is 11.2. The lowest BCUT2D eigenvalue weighted by Crippen LogP contribution is -2.60. The van der Waals surface area contributed by atoms with Crippen LogP contribution in [0.5, 0.6) is 0 Å². The number of ether oxygens (including phenoxy) is 4. The zero-order chi connectivity index (χ0) is 32.2. The predicted octanol–water partition coefficient (Wildman–Crippen LogP) is 2.47. The van der Waals surface area contributed by atoms with E-state index in [2.05, 4.69) is 33.8 Å². The summed E-state index contributed by atoms with van der Waals surface area (Å²) in [6.07, 6.45) is 2.04. The molecular weight excluding hydrogens is 580 g/mol. The number of aliphatic hydroxyl groups is 5. The molecule has 3 saturated heterocycles. The summed E-state index contributed by atoms with van der Waals surface area (Å²) in [7, 11) is 0. The zero-order valence-electron chi connectivity index (χ0n) is 27.4. The molecule has 0 bridgehead atoms. The highest BCUT2D eigenvalue weighted by Gasteiger charge is 2.70. The van der Waals surface area contributed by atoms with Crippen molar-refractivity contribution >= 4 is 5.97 Å². The van der Waals surface area contributed by atoms with Crippen LogP contribution in [-0.4, -0.2) is 98.8 Å². The summed E-state index contributed by atoms with van der Waals surface area (Å²) in [5, 5.41) is 52.1. The van der Waals surface area contributed by atoms with Crippen LogP contribution in [0.25, 0.3) is 0 Å². The van der Waals surface area contributed by atoms with Crippen molar-refractivity contribution in [2.75, 3.05) is 6.61 Å². The number of carbonyl (C=O) groups is 1. The minimum atomic E-state index is -1.44. The molecule has 45 heavy (non-hydrogen) atoms. The molecule has 254 valence electrons. The van der Waals surface area contributed by atoms with Gasteiger partial charge in [-0.15, -0.1) is 0 Å². The minimum Gasteiger partial charge on any atom is -0.456 e. The van der Waals surface area contributed by atoms with Crippen molar-refractivity contribution in [1.29, 1.82) is 0 Å². The Morgan fingerprint density at radius 2 is 1.64 bits per heavy atom. The molecule has 0 unspecified atom stereocenters. The molecule has 0 radical (unpaired) electrons. The van der Waals surface area contributed by atoms with E-state index in [0.717, 1.165) is 51.4 Å². The van der Waals surface area contributed by atoms with Gasteiger partial charge in [0.1, 0.15) is 36.1 Å². The fourth-order valence-electron chi connectivity index (χ4n) is 11.5. The maximum Gasteiger partial charge on any atom is 0.312 e. The fraction of sp³-hybridized carbons (Fsp3) is 0.914. The molecule has 4 aliphatic carbocycles. The van der Waals surface area contributed by atoms with Gasteiger partial charge in [-0.25, -0.2) is 0 Å². The van der Waals surface area contributed by atoms with E-state index in [9.17, 15) is 30.3 Å². The Morgan fingerprint density at radius 1 is 0.956 bits per heavy atom. The second-order valence-corrected chi connectivity index (χ2v) is 16.3. The van der Waals surface area contributed by atoms with Gasteiger partial charge in [-0.3, -0.25) is 4.79 Å². The Bertz CT molecular complexity index is 1190. The number of epoxide rings is 1. The van der Waals surface area contributed by atoms with Gasteiger partial charge < -0.3 is 44.5 Å². The van der Waals surface area contributed by atoms with E-state index in [1.807, 2.05) is 6.92 Å². The first-order chi connectivity index (χ1) is 21.3. The summed E-state index contributed by atoms with van der Waals surface area (Å²) in [5.41, 5.74) is 0.990. The van der Waals surface area contributed by atoms with Crippen LogP contribution in [0.4, 0.5) is 0 Å². The van der Waals surface area contributed by atoms with Crippen LogP contribution in [0.3, 0.4) is 0 Å². The third-order valence-electron chi connectivity index (χ3n) is 14.2. The van der Waals surface area contributed by atoms with E-state index in [0.29, 0.717) is 17.8 Å².